The lowest BCUT2D eigenvalue weighted by molar-refractivity contribution is 0.174. The number of terminal acetylenes is 1. The summed E-state index contributed by atoms with van der Waals surface area (Å²) in [7, 11) is 0. The average Bonchev–Trinajstić information content (AvgIpc) is 2.63. The summed E-state index contributed by atoms with van der Waals surface area (Å²) < 4.78 is 10.3. The van der Waals surface area contributed by atoms with Crippen LogP contribution in [0.5, 0.6) is 11.5 Å². The first-order chi connectivity index (χ1) is 6.31. The van der Waals surface area contributed by atoms with Gasteiger partial charge in [-0.2, -0.15) is 0 Å². The molecule has 1 unspecified atom stereocenters. The van der Waals surface area contributed by atoms with Crippen LogP contribution in [0, 0.1) is 12.3 Å². The highest BCUT2D eigenvalue weighted by atomic mass is 35.5. The summed E-state index contributed by atoms with van der Waals surface area (Å²) in [5, 5.41) is -0.408. The highest BCUT2D eigenvalue weighted by Crippen LogP contribution is 2.35. The lowest BCUT2D eigenvalue weighted by Gasteiger charge is -2.03. The molecule has 0 aliphatic carbocycles. The number of hydrogen-bond acceptors (Lipinski definition) is 2. The molecule has 1 atom stereocenters. The van der Waals surface area contributed by atoms with Crippen LogP contribution in [0.3, 0.4) is 0 Å². The summed E-state index contributed by atoms with van der Waals surface area (Å²) in [6.45, 7) is 0.266. The molecule has 0 radical (unpaired) electrons. The summed E-state index contributed by atoms with van der Waals surface area (Å²) in [6, 6.07) is 5.45. The number of halogens is 1. The molecule has 0 N–H and O–H groups in total. The van der Waals surface area contributed by atoms with Crippen molar-refractivity contribution in [2.45, 2.75) is 5.38 Å². The zero-order valence-corrected chi connectivity index (χ0v) is 7.54. The van der Waals surface area contributed by atoms with Crippen LogP contribution >= 0.6 is 11.6 Å². The Balaban J connectivity index is 2.37. The van der Waals surface area contributed by atoms with Gasteiger partial charge in [0, 0.05) is 0 Å². The maximum absolute atomic E-state index is 5.86. The molecule has 2 rings (SSSR count). The fourth-order valence-corrected chi connectivity index (χ4v) is 1.30. The van der Waals surface area contributed by atoms with Gasteiger partial charge in [0.1, 0.15) is 5.38 Å². The second kappa shape index (κ2) is 3.20. The van der Waals surface area contributed by atoms with Gasteiger partial charge in [0.2, 0.25) is 6.79 Å². The molecule has 1 aliphatic heterocycles. The molecule has 0 amide bonds. The largest absolute Gasteiger partial charge is 0.454 e. The standard InChI is InChI=1S/C10H7ClO2/c1-2-8(11)7-3-4-9-10(5-7)13-6-12-9/h1,3-5,8H,6H2. The van der Waals surface area contributed by atoms with Crippen molar-refractivity contribution in [3.63, 3.8) is 0 Å². The molecule has 1 aliphatic rings. The third kappa shape index (κ3) is 1.43. The van der Waals surface area contributed by atoms with Gasteiger partial charge in [0.05, 0.1) is 0 Å². The van der Waals surface area contributed by atoms with E-state index >= 15 is 0 Å². The fraction of sp³-hybridized carbons (Fsp3) is 0.200. The van der Waals surface area contributed by atoms with Crippen molar-refractivity contribution in [3.8, 4) is 23.8 Å². The van der Waals surface area contributed by atoms with Crippen LogP contribution in [-0.4, -0.2) is 6.79 Å². The normalized spacial score (nSPS) is 15.1. The minimum Gasteiger partial charge on any atom is -0.454 e. The van der Waals surface area contributed by atoms with Gasteiger partial charge in [-0.05, 0) is 17.7 Å². The molecular formula is C10H7ClO2. The molecule has 0 spiro atoms. The molecule has 3 heteroatoms. The number of fused-ring (bicyclic) bond motifs is 1. The van der Waals surface area contributed by atoms with Crippen molar-refractivity contribution in [3.05, 3.63) is 23.8 Å². The number of alkyl halides is 1. The monoisotopic (exact) mass is 194 g/mol. The Hall–Kier alpha value is -1.33. The van der Waals surface area contributed by atoms with Crippen LogP contribution in [0.15, 0.2) is 18.2 Å². The van der Waals surface area contributed by atoms with E-state index < -0.39 is 5.38 Å². The second-order valence-corrected chi connectivity index (χ2v) is 3.08. The molecule has 0 saturated heterocycles. The quantitative estimate of drug-likeness (QED) is 0.505. The van der Waals surface area contributed by atoms with Gasteiger partial charge in [0.15, 0.2) is 11.5 Å². The number of benzene rings is 1. The van der Waals surface area contributed by atoms with Gasteiger partial charge in [-0.15, -0.1) is 18.0 Å². The Labute approximate surface area is 81.4 Å². The molecule has 1 aromatic rings. The highest BCUT2D eigenvalue weighted by molar-refractivity contribution is 6.22. The minimum atomic E-state index is -0.408. The molecule has 0 saturated carbocycles. The molecule has 0 bridgehead atoms. The van der Waals surface area contributed by atoms with Crippen LogP contribution in [-0.2, 0) is 0 Å². The van der Waals surface area contributed by atoms with Crippen molar-refractivity contribution in [1.82, 2.24) is 0 Å². The lowest BCUT2D eigenvalue weighted by atomic mass is 10.1. The molecule has 1 aromatic carbocycles. The summed E-state index contributed by atoms with van der Waals surface area (Å²) in [5.74, 6) is 3.89. The predicted octanol–water partition coefficient (Wildman–Crippen LogP) is 2.33. The smallest absolute Gasteiger partial charge is 0.231 e. The molecule has 2 nitrogen and oxygen atoms in total. The third-order valence-corrected chi connectivity index (χ3v) is 2.21. The molecule has 1 heterocycles. The summed E-state index contributed by atoms with van der Waals surface area (Å²) in [5.41, 5.74) is 0.855. The van der Waals surface area contributed by atoms with E-state index in [1.165, 1.54) is 0 Å². The van der Waals surface area contributed by atoms with Crippen LogP contribution in [0.4, 0.5) is 0 Å². The summed E-state index contributed by atoms with van der Waals surface area (Å²) in [4.78, 5) is 0. The van der Waals surface area contributed by atoms with Gasteiger partial charge in [0.25, 0.3) is 0 Å². The van der Waals surface area contributed by atoms with Gasteiger partial charge in [-0.3, -0.25) is 0 Å². The SMILES string of the molecule is C#CC(Cl)c1ccc2c(c1)OCO2. The van der Waals surface area contributed by atoms with E-state index in [1.54, 1.807) is 6.07 Å². The van der Waals surface area contributed by atoms with Crippen LogP contribution in [0.1, 0.15) is 10.9 Å². The Bertz CT molecular complexity index is 368. The first kappa shape index (κ1) is 8.28. The maximum atomic E-state index is 5.86. The van der Waals surface area contributed by atoms with Crippen LogP contribution < -0.4 is 9.47 Å². The molecule has 0 aromatic heterocycles. The van der Waals surface area contributed by atoms with E-state index in [0.29, 0.717) is 5.75 Å². The van der Waals surface area contributed by atoms with E-state index in [-0.39, 0.29) is 6.79 Å². The van der Waals surface area contributed by atoms with Crippen molar-refractivity contribution < 1.29 is 9.47 Å². The Kier molecular flexibility index (Phi) is 2.03. The van der Waals surface area contributed by atoms with Gasteiger partial charge >= 0.3 is 0 Å². The van der Waals surface area contributed by atoms with Gasteiger partial charge in [-0.1, -0.05) is 12.0 Å². The maximum Gasteiger partial charge on any atom is 0.231 e. The number of ether oxygens (including phenoxy) is 2. The van der Waals surface area contributed by atoms with E-state index in [2.05, 4.69) is 5.92 Å². The van der Waals surface area contributed by atoms with Gasteiger partial charge < -0.3 is 9.47 Å². The Morgan fingerprint density at radius 2 is 2.15 bits per heavy atom. The summed E-state index contributed by atoms with van der Waals surface area (Å²) >= 11 is 5.86. The fourth-order valence-electron chi connectivity index (χ4n) is 1.17. The third-order valence-electron chi connectivity index (χ3n) is 1.84. The minimum absolute atomic E-state index is 0.266. The number of hydrogen-bond donors (Lipinski definition) is 0. The first-order valence-electron chi connectivity index (χ1n) is 3.81. The van der Waals surface area contributed by atoms with Crippen molar-refractivity contribution in [2.75, 3.05) is 6.79 Å². The van der Waals surface area contributed by atoms with Gasteiger partial charge in [-0.25, -0.2) is 0 Å². The van der Waals surface area contributed by atoms with Crippen molar-refractivity contribution >= 4 is 11.6 Å². The number of rotatable bonds is 1. The first-order valence-corrected chi connectivity index (χ1v) is 4.24. The average molecular weight is 195 g/mol. The predicted molar refractivity (Wildman–Crippen MR) is 50.0 cm³/mol. The Morgan fingerprint density at radius 3 is 2.92 bits per heavy atom. The topological polar surface area (TPSA) is 18.5 Å². The van der Waals surface area contributed by atoms with Crippen molar-refractivity contribution in [2.24, 2.45) is 0 Å². The molecule has 0 fully saturated rings. The Morgan fingerprint density at radius 1 is 1.38 bits per heavy atom. The van der Waals surface area contributed by atoms with Crippen LogP contribution in [0.2, 0.25) is 0 Å². The van der Waals surface area contributed by atoms with E-state index in [0.717, 1.165) is 11.3 Å². The highest BCUT2D eigenvalue weighted by Gasteiger charge is 2.15. The molecule has 66 valence electrons. The summed E-state index contributed by atoms with van der Waals surface area (Å²) in [6.07, 6.45) is 5.20. The van der Waals surface area contributed by atoms with Crippen molar-refractivity contribution in [1.29, 1.82) is 0 Å². The van der Waals surface area contributed by atoms with E-state index in [9.17, 15) is 0 Å². The molecule has 13 heavy (non-hydrogen) atoms. The van der Waals surface area contributed by atoms with E-state index in [4.69, 9.17) is 27.5 Å². The van der Waals surface area contributed by atoms with Crippen LogP contribution in [0.25, 0.3) is 0 Å². The molecular weight excluding hydrogens is 188 g/mol. The zero-order chi connectivity index (χ0) is 9.26. The second-order valence-electron chi connectivity index (χ2n) is 2.64. The lowest BCUT2D eigenvalue weighted by Crippen LogP contribution is -1.93. The van der Waals surface area contributed by atoms with E-state index in [1.807, 2.05) is 12.1 Å². The zero-order valence-electron chi connectivity index (χ0n) is 6.79.